The Balaban J connectivity index is 2.68. The Kier molecular flexibility index (Phi) is 5.77. The first-order valence-electron chi connectivity index (χ1n) is 7.05. The minimum Gasteiger partial charge on any atom is -0.374 e. The molecule has 0 aromatic carbocycles. The summed E-state index contributed by atoms with van der Waals surface area (Å²) in [5, 5.41) is 3.73. The van der Waals surface area contributed by atoms with Crippen molar-refractivity contribution in [1.82, 2.24) is 5.32 Å². The lowest BCUT2D eigenvalue weighted by atomic mass is 9.81. The third kappa shape index (κ3) is 3.21. The molecule has 16 heavy (non-hydrogen) atoms. The SMILES string of the molecule is CCCNC(C(CC)CC)C1(C)CCCO1. The molecule has 1 N–H and O–H groups in total. The number of hydrogen-bond donors (Lipinski definition) is 1. The topological polar surface area (TPSA) is 21.3 Å². The fourth-order valence-corrected chi connectivity index (χ4v) is 2.99. The van der Waals surface area contributed by atoms with Crippen LogP contribution in [0.15, 0.2) is 0 Å². The predicted octanol–water partition coefficient (Wildman–Crippen LogP) is 3.36. The first kappa shape index (κ1) is 14.0. The molecule has 2 heteroatoms. The van der Waals surface area contributed by atoms with Crippen LogP contribution in [0.3, 0.4) is 0 Å². The molecule has 0 aromatic heterocycles. The van der Waals surface area contributed by atoms with Gasteiger partial charge in [-0.05, 0) is 38.6 Å². The standard InChI is InChI=1S/C14H29NO/c1-5-10-15-13(12(6-2)7-3)14(4)9-8-11-16-14/h12-13,15H,5-11H2,1-4H3. The molecule has 0 saturated carbocycles. The molecule has 0 radical (unpaired) electrons. The molecule has 2 unspecified atom stereocenters. The van der Waals surface area contributed by atoms with E-state index in [1.165, 1.54) is 32.1 Å². The number of rotatable bonds is 7. The molecule has 0 spiro atoms. The summed E-state index contributed by atoms with van der Waals surface area (Å²) in [6, 6.07) is 0.532. The summed E-state index contributed by atoms with van der Waals surface area (Å²) >= 11 is 0. The molecule has 0 aliphatic carbocycles. The van der Waals surface area contributed by atoms with E-state index in [0.29, 0.717) is 6.04 Å². The van der Waals surface area contributed by atoms with Crippen LogP contribution in [-0.4, -0.2) is 24.8 Å². The van der Waals surface area contributed by atoms with Gasteiger partial charge in [-0.2, -0.15) is 0 Å². The molecule has 1 heterocycles. The van der Waals surface area contributed by atoms with Crippen molar-refractivity contribution < 1.29 is 4.74 Å². The zero-order valence-corrected chi connectivity index (χ0v) is 11.5. The Morgan fingerprint density at radius 3 is 2.38 bits per heavy atom. The third-order valence-electron chi connectivity index (χ3n) is 4.04. The molecular formula is C14H29NO. The molecule has 2 nitrogen and oxygen atoms in total. The molecule has 0 aromatic rings. The van der Waals surface area contributed by atoms with Crippen LogP contribution in [0.1, 0.15) is 59.8 Å². The fourth-order valence-electron chi connectivity index (χ4n) is 2.99. The van der Waals surface area contributed by atoms with Gasteiger partial charge in [0.1, 0.15) is 0 Å². The summed E-state index contributed by atoms with van der Waals surface area (Å²) in [6.07, 6.45) is 6.13. The summed E-state index contributed by atoms with van der Waals surface area (Å²) in [6.45, 7) is 11.2. The molecular weight excluding hydrogens is 198 g/mol. The molecule has 96 valence electrons. The van der Waals surface area contributed by atoms with E-state index in [4.69, 9.17) is 4.74 Å². The number of hydrogen-bond acceptors (Lipinski definition) is 2. The average molecular weight is 227 g/mol. The predicted molar refractivity (Wildman–Crippen MR) is 69.7 cm³/mol. The average Bonchev–Trinajstić information content (AvgIpc) is 2.72. The summed E-state index contributed by atoms with van der Waals surface area (Å²) < 4.78 is 6.02. The summed E-state index contributed by atoms with van der Waals surface area (Å²) in [5.41, 5.74) is 0.0753. The van der Waals surface area contributed by atoms with Crippen molar-refractivity contribution in [1.29, 1.82) is 0 Å². The second-order valence-electron chi connectivity index (χ2n) is 5.27. The van der Waals surface area contributed by atoms with Gasteiger partial charge >= 0.3 is 0 Å². The Morgan fingerprint density at radius 2 is 1.94 bits per heavy atom. The monoisotopic (exact) mass is 227 g/mol. The lowest BCUT2D eigenvalue weighted by Crippen LogP contribution is -2.52. The maximum Gasteiger partial charge on any atom is 0.0810 e. The highest BCUT2D eigenvalue weighted by atomic mass is 16.5. The number of nitrogens with one attached hydrogen (secondary N) is 1. The van der Waals surface area contributed by atoms with Crippen LogP contribution in [0.5, 0.6) is 0 Å². The van der Waals surface area contributed by atoms with E-state index in [0.717, 1.165) is 19.1 Å². The quantitative estimate of drug-likeness (QED) is 0.720. The molecule has 2 atom stereocenters. The van der Waals surface area contributed by atoms with Gasteiger partial charge in [0.15, 0.2) is 0 Å². The van der Waals surface area contributed by atoms with Crippen molar-refractivity contribution in [3.05, 3.63) is 0 Å². The molecule has 0 bridgehead atoms. The largest absolute Gasteiger partial charge is 0.374 e. The Morgan fingerprint density at radius 1 is 1.25 bits per heavy atom. The molecule has 1 fully saturated rings. The van der Waals surface area contributed by atoms with Crippen molar-refractivity contribution in [2.45, 2.75) is 71.4 Å². The van der Waals surface area contributed by atoms with Crippen LogP contribution >= 0.6 is 0 Å². The lowest BCUT2D eigenvalue weighted by Gasteiger charge is -2.39. The van der Waals surface area contributed by atoms with Crippen molar-refractivity contribution >= 4 is 0 Å². The first-order valence-corrected chi connectivity index (χ1v) is 7.05. The van der Waals surface area contributed by atoms with Gasteiger partial charge in [0.05, 0.1) is 5.60 Å². The molecule has 1 aliphatic heterocycles. The Bertz CT molecular complexity index is 183. The summed E-state index contributed by atoms with van der Waals surface area (Å²) in [4.78, 5) is 0. The van der Waals surface area contributed by atoms with E-state index in [1.807, 2.05) is 0 Å². The van der Waals surface area contributed by atoms with Crippen molar-refractivity contribution in [3.63, 3.8) is 0 Å². The zero-order valence-electron chi connectivity index (χ0n) is 11.5. The smallest absolute Gasteiger partial charge is 0.0810 e. The van der Waals surface area contributed by atoms with Gasteiger partial charge in [-0.15, -0.1) is 0 Å². The van der Waals surface area contributed by atoms with Crippen LogP contribution in [0.25, 0.3) is 0 Å². The third-order valence-corrected chi connectivity index (χ3v) is 4.04. The van der Waals surface area contributed by atoms with Gasteiger partial charge in [-0.3, -0.25) is 0 Å². The van der Waals surface area contributed by atoms with E-state index >= 15 is 0 Å². The van der Waals surface area contributed by atoms with Crippen LogP contribution in [0.2, 0.25) is 0 Å². The Labute approximate surface area is 101 Å². The van der Waals surface area contributed by atoms with E-state index in [1.54, 1.807) is 0 Å². The summed E-state index contributed by atoms with van der Waals surface area (Å²) in [5.74, 6) is 0.745. The Hall–Kier alpha value is -0.0800. The van der Waals surface area contributed by atoms with E-state index < -0.39 is 0 Å². The first-order chi connectivity index (χ1) is 7.68. The maximum atomic E-state index is 6.02. The van der Waals surface area contributed by atoms with Gasteiger partial charge in [-0.1, -0.05) is 33.6 Å². The number of ether oxygens (including phenoxy) is 1. The maximum absolute atomic E-state index is 6.02. The lowest BCUT2D eigenvalue weighted by molar-refractivity contribution is -0.0299. The van der Waals surface area contributed by atoms with E-state index in [-0.39, 0.29) is 5.60 Å². The van der Waals surface area contributed by atoms with Gasteiger partial charge in [0.2, 0.25) is 0 Å². The summed E-state index contributed by atoms with van der Waals surface area (Å²) in [7, 11) is 0. The molecule has 0 amide bonds. The molecule has 1 rings (SSSR count). The highest BCUT2D eigenvalue weighted by molar-refractivity contribution is 4.95. The van der Waals surface area contributed by atoms with Gasteiger partial charge in [0, 0.05) is 12.6 Å². The minimum absolute atomic E-state index is 0.0753. The highest BCUT2D eigenvalue weighted by Crippen LogP contribution is 2.34. The van der Waals surface area contributed by atoms with E-state index in [2.05, 4.69) is 33.0 Å². The molecule has 1 saturated heterocycles. The van der Waals surface area contributed by atoms with E-state index in [9.17, 15) is 0 Å². The second kappa shape index (κ2) is 6.61. The normalized spacial score (nSPS) is 27.6. The minimum atomic E-state index is 0.0753. The van der Waals surface area contributed by atoms with Crippen LogP contribution < -0.4 is 5.32 Å². The van der Waals surface area contributed by atoms with Crippen LogP contribution in [0, 0.1) is 5.92 Å². The second-order valence-corrected chi connectivity index (χ2v) is 5.27. The van der Waals surface area contributed by atoms with Crippen molar-refractivity contribution in [2.24, 2.45) is 5.92 Å². The van der Waals surface area contributed by atoms with Crippen molar-refractivity contribution in [2.75, 3.05) is 13.2 Å². The highest BCUT2D eigenvalue weighted by Gasteiger charge is 2.40. The van der Waals surface area contributed by atoms with Crippen molar-refractivity contribution in [3.8, 4) is 0 Å². The van der Waals surface area contributed by atoms with Gasteiger partial charge in [0.25, 0.3) is 0 Å². The fraction of sp³-hybridized carbons (Fsp3) is 1.00. The zero-order chi connectivity index (χ0) is 12.0. The van der Waals surface area contributed by atoms with Crippen LogP contribution in [0.4, 0.5) is 0 Å². The van der Waals surface area contributed by atoms with Gasteiger partial charge in [-0.25, -0.2) is 0 Å². The van der Waals surface area contributed by atoms with Crippen LogP contribution in [-0.2, 0) is 4.74 Å². The van der Waals surface area contributed by atoms with Gasteiger partial charge < -0.3 is 10.1 Å². The molecule has 1 aliphatic rings.